The number of phenolic OH excluding ortho intramolecular Hbond substituents is 1. The van der Waals surface area contributed by atoms with Crippen LogP contribution in [0, 0.1) is 6.92 Å². The van der Waals surface area contributed by atoms with Crippen molar-refractivity contribution in [1.82, 2.24) is 0 Å². The molecule has 19 heavy (non-hydrogen) atoms. The van der Waals surface area contributed by atoms with Gasteiger partial charge in [0, 0.05) is 12.0 Å². The number of ether oxygens (including phenoxy) is 1. The van der Waals surface area contributed by atoms with Crippen molar-refractivity contribution in [3.63, 3.8) is 0 Å². The van der Waals surface area contributed by atoms with Crippen molar-refractivity contribution in [2.45, 2.75) is 12.8 Å². The first kappa shape index (κ1) is 13.4. The Morgan fingerprint density at radius 2 is 1.89 bits per heavy atom. The van der Waals surface area contributed by atoms with Crippen LogP contribution in [0.3, 0.4) is 0 Å². The molecule has 2 N–H and O–H groups in total. The third-order valence-corrected chi connectivity index (χ3v) is 3.00. The molecule has 1 unspecified atom stereocenters. The number of aliphatic hydroxyl groups is 1. The summed E-state index contributed by atoms with van der Waals surface area (Å²) in [6.07, 6.45) is 0. The molecule has 0 aliphatic rings. The van der Waals surface area contributed by atoms with E-state index in [2.05, 4.69) is 0 Å². The molecule has 2 aromatic rings. The Hall–Kier alpha value is -2.00. The van der Waals surface area contributed by atoms with Gasteiger partial charge < -0.3 is 14.9 Å². The Bertz CT molecular complexity index is 537. The molecule has 2 rings (SSSR count). The van der Waals surface area contributed by atoms with Gasteiger partial charge in [-0.2, -0.15) is 0 Å². The summed E-state index contributed by atoms with van der Waals surface area (Å²) in [5.41, 5.74) is 2.22. The van der Waals surface area contributed by atoms with Crippen molar-refractivity contribution in [2.24, 2.45) is 0 Å². The van der Waals surface area contributed by atoms with Gasteiger partial charge in [-0.25, -0.2) is 0 Å². The van der Waals surface area contributed by atoms with Crippen LogP contribution in [0.1, 0.15) is 17.0 Å². The van der Waals surface area contributed by atoms with Crippen LogP contribution in [0.25, 0.3) is 0 Å². The molecular weight excluding hydrogens is 240 g/mol. The van der Waals surface area contributed by atoms with Crippen molar-refractivity contribution < 1.29 is 14.9 Å². The predicted octanol–water partition coefficient (Wildman–Crippen LogP) is 2.86. The maximum atomic E-state index is 9.47. The van der Waals surface area contributed by atoms with Crippen LogP contribution < -0.4 is 4.74 Å². The molecule has 0 aliphatic heterocycles. The monoisotopic (exact) mass is 258 g/mol. The molecule has 1 atom stereocenters. The predicted molar refractivity (Wildman–Crippen MR) is 74.6 cm³/mol. The minimum Gasteiger partial charge on any atom is -0.508 e. The van der Waals surface area contributed by atoms with Gasteiger partial charge in [0.15, 0.2) is 0 Å². The van der Waals surface area contributed by atoms with E-state index in [1.165, 1.54) is 0 Å². The lowest BCUT2D eigenvalue weighted by atomic mass is 9.99. The third kappa shape index (κ3) is 3.73. The lowest BCUT2D eigenvalue weighted by Crippen LogP contribution is -2.14. The van der Waals surface area contributed by atoms with E-state index in [1.54, 1.807) is 24.3 Å². The molecule has 0 aliphatic carbocycles. The van der Waals surface area contributed by atoms with E-state index in [4.69, 9.17) is 4.74 Å². The quantitative estimate of drug-likeness (QED) is 0.867. The third-order valence-electron chi connectivity index (χ3n) is 3.00. The van der Waals surface area contributed by atoms with Crippen molar-refractivity contribution in [3.8, 4) is 11.5 Å². The number of benzene rings is 2. The average Bonchev–Trinajstić information content (AvgIpc) is 2.40. The van der Waals surface area contributed by atoms with E-state index in [1.807, 2.05) is 31.2 Å². The normalized spacial score (nSPS) is 12.1. The molecule has 0 saturated carbocycles. The highest BCUT2D eigenvalue weighted by Gasteiger charge is 2.11. The van der Waals surface area contributed by atoms with E-state index in [-0.39, 0.29) is 18.3 Å². The topological polar surface area (TPSA) is 49.7 Å². The maximum absolute atomic E-state index is 9.47. The van der Waals surface area contributed by atoms with Crippen LogP contribution in [-0.4, -0.2) is 23.4 Å². The standard InChI is InChI=1S/C16H18O3/c1-12-4-2-5-13(8-12)14(10-17)11-19-16-7-3-6-15(18)9-16/h2-9,14,17-18H,10-11H2,1H3. The van der Waals surface area contributed by atoms with Gasteiger partial charge in [0.2, 0.25) is 0 Å². The zero-order valence-electron chi connectivity index (χ0n) is 10.9. The van der Waals surface area contributed by atoms with Gasteiger partial charge >= 0.3 is 0 Å². The molecule has 0 saturated heterocycles. The van der Waals surface area contributed by atoms with E-state index >= 15 is 0 Å². The molecular formula is C16H18O3. The fourth-order valence-corrected chi connectivity index (χ4v) is 1.95. The number of rotatable bonds is 5. The van der Waals surface area contributed by atoms with E-state index < -0.39 is 0 Å². The summed E-state index contributed by atoms with van der Waals surface area (Å²) in [7, 11) is 0. The highest BCUT2D eigenvalue weighted by atomic mass is 16.5. The Kier molecular flexibility index (Phi) is 4.42. The summed E-state index contributed by atoms with van der Waals surface area (Å²) in [6, 6.07) is 14.7. The number of phenols is 1. The van der Waals surface area contributed by atoms with Gasteiger partial charge in [-0.3, -0.25) is 0 Å². The summed E-state index contributed by atoms with van der Waals surface area (Å²) >= 11 is 0. The second-order valence-corrected chi connectivity index (χ2v) is 4.60. The van der Waals surface area contributed by atoms with Gasteiger partial charge in [0.25, 0.3) is 0 Å². The number of hydrogen-bond acceptors (Lipinski definition) is 3. The molecule has 0 bridgehead atoms. The Morgan fingerprint density at radius 1 is 1.11 bits per heavy atom. The van der Waals surface area contributed by atoms with Crippen LogP contribution in [0.2, 0.25) is 0 Å². The first-order chi connectivity index (χ1) is 9.19. The van der Waals surface area contributed by atoms with Gasteiger partial charge in [-0.05, 0) is 24.6 Å². The van der Waals surface area contributed by atoms with Crippen molar-refractivity contribution >= 4 is 0 Å². The number of aryl methyl sites for hydroxylation is 1. The minimum absolute atomic E-state index is 0.0300. The highest BCUT2D eigenvalue weighted by molar-refractivity contribution is 5.32. The zero-order valence-corrected chi connectivity index (χ0v) is 10.9. The highest BCUT2D eigenvalue weighted by Crippen LogP contribution is 2.21. The first-order valence-electron chi connectivity index (χ1n) is 6.28. The van der Waals surface area contributed by atoms with Gasteiger partial charge in [-0.1, -0.05) is 35.9 Å². The summed E-state index contributed by atoms with van der Waals surface area (Å²) in [5.74, 6) is 0.710. The van der Waals surface area contributed by atoms with E-state index in [9.17, 15) is 10.2 Å². The lowest BCUT2D eigenvalue weighted by Gasteiger charge is -2.16. The van der Waals surface area contributed by atoms with Crippen LogP contribution >= 0.6 is 0 Å². The molecule has 0 amide bonds. The molecule has 100 valence electrons. The molecule has 0 heterocycles. The fraction of sp³-hybridized carbons (Fsp3) is 0.250. The van der Waals surface area contributed by atoms with E-state index in [0.717, 1.165) is 11.1 Å². The van der Waals surface area contributed by atoms with Crippen LogP contribution in [0.15, 0.2) is 48.5 Å². The van der Waals surface area contributed by atoms with Gasteiger partial charge in [-0.15, -0.1) is 0 Å². The molecule has 0 spiro atoms. The SMILES string of the molecule is Cc1cccc(C(CO)COc2cccc(O)c2)c1. The zero-order chi connectivity index (χ0) is 13.7. The smallest absolute Gasteiger partial charge is 0.123 e. The van der Waals surface area contributed by atoms with Crippen LogP contribution in [-0.2, 0) is 0 Å². The van der Waals surface area contributed by atoms with Gasteiger partial charge in [0.1, 0.15) is 11.5 Å². The number of hydrogen-bond donors (Lipinski definition) is 2. The first-order valence-corrected chi connectivity index (χ1v) is 6.28. The largest absolute Gasteiger partial charge is 0.508 e. The minimum atomic E-state index is -0.0674. The molecule has 2 aromatic carbocycles. The Labute approximate surface area is 113 Å². The second kappa shape index (κ2) is 6.25. The van der Waals surface area contributed by atoms with Crippen LogP contribution in [0.5, 0.6) is 11.5 Å². The van der Waals surface area contributed by atoms with Crippen molar-refractivity contribution in [3.05, 3.63) is 59.7 Å². The molecule has 3 nitrogen and oxygen atoms in total. The van der Waals surface area contributed by atoms with Gasteiger partial charge in [0.05, 0.1) is 13.2 Å². The molecule has 0 aromatic heterocycles. The lowest BCUT2D eigenvalue weighted by molar-refractivity contribution is 0.205. The summed E-state index contributed by atoms with van der Waals surface area (Å²) in [5, 5.41) is 18.8. The molecule has 0 fully saturated rings. The molecule has 0 radical (unpaired) electrons. The maximum Gasteiger partial charge on any atom is 0.123 e. The fourth-order valence-electron chi connectivity index (χ4n) is 1.95. The Balaban J connectivity index is 2.04. The second-order valence-electron chi connectivity index (χ2n) is 4.60. The van der Waals surface area contributed by atoms with Crippen molar-refractivity contribution in [1.29, 1.82) is 0 Å². The summed E-state index contributed by atoms with van der Waals surface area (Å²) in [6.45, 7) is 2.43. The number of aromatic hydroxyl groups is 1. The summed E-state index contributed by atoms with van der Waals surface area (Å²) < 4.78 is 5.61. The van der Waals surface area contributed by atoms with Crippen LogP contribution in [0.4, 0.5) is 0 Å². The molecule has 3 heteroatoms. The van der Waals surface area contributed by atoms with Crippen molar-refractivity contribution in [2.75, 3.05) is 13.2 Å². The Morgan fingerprint density at radius 3 is 2.58 bits per heavy atom. The average molecular weight is 258 g/mol. The van der Waals surface area contributed by atoms with E-state index in [0.29, 0.717) is 12.4 Å². The number of aliphatic hydroxyl groups excluding tert-OH is 1. The summed E-state index contributed by atoms with van der Waals surface area (Å²) in [4.78, 5) is 0.